The first-order valence-corrected chi connectivity index (χ1v) is 7.05. The highest BCUT2D eigenvalue weighted by atomic mass is 35.5. The number of hydrogen-bond donors (Lipinski definition) is 1. The molecule has 4 nitrogen and oxygen atoms in total. The highest BCUT2D eigenvalue weighted by molar-refractivity contribution is 6.30. The Bertz CT molecular complexity index is 762. The van der Waals surface area contributed by atoms with E-state index in [9.17, 15) is 4.79 Å². The number of amides is 1. The van der Waals surface area contributed by atoms with E-state index in [0.29, 0.717) is 16.6 Å². The summed E-state index contributed by atoms with van der Waals surface area (Å²) in [4.78, 5) is 16.4. The van der Waals surface area contributed by atoms with E-state index >= 15 is 0 Å². The van der Waals surface area contributed by atoms with Crippen LogP contribution < -0.4 is 10.1 Å². The van der Waals surface area contributed by atoms with Gasteiger partial charge in [-0.05, 0) is 48.0 Å². The Labute approximate surface area is 133 Å². The van der Waals surface area contributed by atoms with E-state index in [0.717, 1.165) is 16.9 Å². The molecule has 0 spiro atoms. The van der Waals surface area contributed by atoms with Crippen molar-refractivity contribution in [1.29, 1.82) is 0 Å². The summed E-state index contributed by atoms with van der Waals surface area (Å²) in [5.74, 6) is 1.07. The van der Waals surface area contributed by atoms with Crippen molar-refractivity contribution in [2.24, 2.45) is 4.99 Å². The van der Waals surface area contributed by atoms with Crippen LogP contribution in [-0.2, 0) is 4.79 Å². The van der Waals surface area contributed by atoms with Gasteiger partial charge in [0.25, 0.3) is 5.91 Å². The number of ether oxygens (including phenoxy) is 1. The maximum Gasteiger partial charge on any atom is 0.275 e. The number of rotatable bonds is 3. The molecule has 1 amide bonds. The van der Waals surface area contributed by atoms with Crippen molar-refractivity contribution in [3.05, 3.63) is 70.4 Å². The molecule has 2 aromatic rings. The summed E-state index contributed by atoms with van der Waals surface area (Å²) in [7, 11) is 1.61. The summed E-state index contributed by atoms with van der Waals surface area (Å²) in [6.07, 6.45) is 1.73. The molecule has 0 aliphatic carbocycles. The van der Waals surface area contributed by atoms with E-state index in [1.807, 2.05) is 36.4 Å². The van der Waals surface area contributed by atoms with Crippen LogP contribution in [0.4, 0.5) is 0 Å². The molecule has 0 aromatic heterocycles. The normalized spacial score (nSPS) is 15.6. The van der Waals surface area contributed by atoms with E-state index < -0.39 is 0 Å². The zero-order valence-corrected chi connectivity index (χ0v) is 12.6. The third kappa shape index (κ3) is 3.02. The van der Waals surface area contributed by atoms with E-state index in [4.69, 9.17) is 16.3 Å². The standard InChI is InChI=1S/C17H13ClN2O2/c1-22-14-8-2-11(3-9-14)10-15-17(21)20-16(19-15)12-4-6-13(18)7-5-12/h2-10H,1H3,(H,19,20,21)/b15-10+. The zero-order valence-electron chi connectivity index (χ0n) is 11.8. The molecule has 2 aromatic carbocycles. The summed E-state index contributed by atoms with van der Waals surface area (Å²) >= 11 is 5.86. The van der Waals surface area contributed by atoms with Crippen molar-refractivity contribution in [3.63, 3.8) is 0 Å². The van der Waals surface area contributed by atoms with E-state index in [2.05, 4.69) is 10.3 Å². The Morgan fingerprint density at radius 3 is 2.41 bits per heavy atom. The molecule has 0 atom stereocenters. The van der Waals surface area contributed by atoms with Gasteiger partial charge in [-0.2, -0.15) is 0 Å². The first-order chi connectivity index (χ1) is 10.7. The molecule has 0 radical (unpaired) electrons. The molecule has 0 bridgehead atoms. The number of benzene rings is 2. The minimum atomic E-state index is -0.222. The number of carbonyl (C=O) groups excluding carboxylic acids is 1. The van der Waals surface area contributed by atoms with Crippen LogP contribution >= 0.6 is 11.6 Å². The van der Waals surface area contributed by atoms with Gasteiger partial charge in [-0.3, -0.25) is 4.79 Å². The molecule has 110 valence electrons. The van der Waals surface area contributed by atoms with Gasteiger partial charge in [0, 0.05) is 10.6 Å². The van der Waals surface area contributed by atoms with Crippen molar-refractivity contribution in [2.45, 2.75) is 0 Å². The lowest BCUT2D eigenvalue weighted by molar-refractivity contribution is -0.115. The Hall–Kier alpha value is -2.59. The molecule has 1 heterocycles. The summed E-state index contributed by atoms with van der Waals surface area (Å²) in [6, 6.07) is 14.6. The van der Waals surface area contributed by atoms with Crippen LogP contribution in [0.15, 0.2) is 59.2 Å². The van der Waals surface area contributed by atoms with Gasteiger partial charge in [-0.15, -0.1) is 0 Å². The number of carbonyl (C=O) groups is 1. The topological polar surface area (TPSA) is 50.7 Å². The van der Waals surface area contributed by atoms with E-state index in [-0.39, 0.29) is 5.91 Å². The van der Waals surface area contributed by atoms with Gasteiger partial charge >= 0.3 is 0 Å². The summed E-state index contributed by atoms with van der Waals surface area (Å²) < 4.78 is 5.11. The fourth-order valence-electron chi connectivity index (χ4n) is 2.07. The molecule has 3 rings (SSSR count). The molecule has 5 heteroatoms. The van der Waals surface area contributed by atoms with Gasteiger partial charge in [0.15, 0.2) is 0 Å². The molecular weight excluding hydrogens is 300 g/mol. The predicted molar refractivity (Wildman–Crippen MR) is 87.1 cm³/mol. The minimum Gasteiger partial charge on any atom is -0.497 e. The van der Waals surface area contributed by atoms with Gasteiger partial charge in [-0.1, -0.05) is 23.7 Å². The lowest BCUT2D eigenvalue weighted by Gasteiger charge is -1.99. The third-order valence-electron chi connectivity index (χ3n) is 3.23. The molecule has 0 fully saturated rings. The summed E-state index contributed by atoms with van der Waals surface area (Å²) in [6.45, 7) is 0. The lowest BCUT2D eigenvalue weighted by atomic mass is 10.2. The summed E-state index contributed by atoms with van der Waals surface area (Å²) in [5.41, 5.74) is 2.07. The first kappa shape index (κ1) is 14.4. The lowest BCUT2D eigenvalue weighted by Crippen LogP contribution is -2.24. The Morgan fingerprint density at radius 1 is 1.09 bits per heavy atom. The van der Waals surface area contributed by atoms with E-state index in [1.54, 1.807) is 25.3 Å². The highest BCUT2D eigenvalue weighted by Crippen LogP contribution is 2.18. The smallest absolute Gasteiger partial charge is 0.275 e. The zero-order chi connectivity index (χ0) is 15.5. The van der Waals surface area contributed by atoms with Gasteiger partial charge < -0.3 is 10.1 Å². The van der Waals surface area contributed by atoms with E-state index in [1.165, 1.54) is 0 Å². The average Bonchev–Trinajstić information content (AvgIpc) is 2.90. The van der Waals surface area contributed by atoms with Crippen LogP contribution in [0.3, 0.4) is 0 Å². The van der Waals surface area contributed by atoms with Crippen LogP contribution in [0.2, 0.25) is 5.02 Å². The number of hydrogen-bond acceptors (Lipinski definition) is 3. The van der Waals surface area contributed by atoms with Crippen molar-refractivity contribution >= 4 is 29.4 Å². The first-order valence-electron chi connectivity index (χ1n) is 6.67. The second kappa shape index (κ2) is 6.03. The van der Waals surface area contributed by atoms with Crippen LogP contribution in [0, 0.1) is 0 Å². The molecule has 1 aliphatic rings. The molecule has 1 aliphatic heterocycles. The van der Waals surface area contributed by atoms with Gasteiger partial charge in [0.05, 0.1) is 7.11 Å². The monoisotopic (exact) mass is 312 g/mol. The summed E-state index contributed by atoms with van der Waals surface area (Å²) in [5, 5.41) is 3.40. The van der Waals surface area contributed by atoms with Gasteiger partial charge in [-0.25, -0.2) is 4.99 Å². The average molecular weight is 313 g/mol. The quantitative estimate of drug-likeness (QED) is 0.884. The highest BCUT2D eigenvalue weighted by Gasteiger charge is 2.20. The van der Waals surface area contributed by atoms with Gasteiger partial charge in [0.1, 0.15) is 17.3 Å². The second-order valence-corrected chi connectivity index (χ2v) is 5.16. The number of methoxy groups -OCH3 is 1. The maximum absolute atomic E-state index is 12.0. The fraction of sp³-hybridized carbons (Fsp3) is 0.0588. The number of halogens is 1. The molecule has 0 saturated carbocycles. The molecule has 0 saturated heterocycles. The van der Waals surface area contributed by atoms with Crippen LogP contribution in [0.5, 0.6) is 5.75 Å². The third-order valence-corrected chi connectivity index (χ3v) is 3.49. The SMILES string of the molecule is COc1ccc(/C=C2/N=C(c3ccc(Cl)cc3)NC2=O)cc1. The number of nitrogens with one attached hydrogen (secondary N) is 1. The maximum atomic E-state index is 12.0. The molecular formula is C17H13ClN2O2. The van der Waals surface area contributed by atoms with Crippen molar-refractivity contribution in [1.82, 2.24) is 5.32 Å². The number of aliphatic imine (C=N–C) groups is 1. The fourth-order valence-corrected chi connectivity index (χ4v) is 2.20. The largest absolute Gasteiger partial charge is 0.497 e. The van der Waals surface area contributed by atoms with Gasteiger partial charge in [0.2, 0.25) is 0 Å². The number of nitrogens with zero attached hydrogens (tertiary/aromatic N) is 1. The second-order valence-electron chi connectivity index (χ2n) is 4.72. The van der Waals surface area contributed by atoms with Crippen LogP contribution in [-0.4, -0.2) is 18.9 Å². The van der Waals surface area contributed by atoms with Crippen LogP contribution in [0.25, 0.3) is 6.08 Å². The Kier molecular flexibility index (Phi) is 3.94. The molecule has 0 unspecified atom stereocenters. The number of amidine groups is 1. The van der Waals surface area contributed by atoms with Crippen LogP contribution in [0.1, 0.15) is 11.1 Å². The van der Waals surface area contributed by atoms with Crippen molar-refractivity contribution in [3.8, 4) is 5.75 Å². The molecule has 22 heavy (non-hydrogen) atoms. The van der Waals surface area contributed by atoms with Crippen molar-refractivity contribution < 1.29 is 9.53 Å². The molecule has 1 N–H and O–H groups in total. The Balaban J connectivity index is 1.88. The van der Waals surface area contributed by atoms with Crippen molar-refractivity contribution in [2.75, 3.05) is 7.11 Å². The minimum absolute atomic E-state index is 0.222. The predicted octanol–water partition coefficient (Wildman–Crippen LogP) is 3.27. The Morgan fingerprint density at radius 2 is 1.77 bits per heavy atom.